The van der Waals surface area contributed by atoms with Gasteiger partial charge in [-0.1, -0.05) is 0 Å². The molecule has 0 aliphatic heterocycles. The van der Waals surface area contributed by atoms with Gasteiger partial charge in [0, 0.05) is 19.2 Å². The first-order valence-electron chi connectivity index (χ1n) is 4.83. The number of nitrogens with zero attached hydrogens (tertiary/aromatic N) is 4. The summed E-state index contributed by atoms with van der Waals surface area (Å²) in [7, 11) is 1.42. The van der Waals surface area contributed by atoms with Crippen molar-refractivity contribution in [3.63, 3.8) is 0 Å². The number of methoxy groups -OCH3 is 1. The van der Waals surface area contributed by atoms with Crippen LogP contribution in [0.15, 0.2) is 18.2 Å². The number of nitro groups is 2. The van der Waals surface area contributed by atoms with E-state index in [1.54, 1.807) is 0 Å². The Bertz CT molecular complexity index is 635. The molecule has 18 heavy (non-hydrogen) atoms. The molecule has 0 saturated heterocycles. The third-order valence-corrected chi connectivity index (χ3v) is 2.35. The van der Waals surface area contributed by atoms with Crippen molar-refractivity contribution in [1.29, 1.82) is 0 Å². The molecule has 0 saturated carbocycles. The van der Waals surface area contributed by atoms with Crippen molar-refractivity contribution in [3.05, 3.63) is 38.4 Å². The molecule has 0 aliphatic carbocycles. The summed E-state index contributed by atoms with van der Waals surface area (Å²) in [6.45, 7) is 0.0299. The van der Waals surface area contributed by atoms with Crippen molar-refractivity contribution >= 4 is 22.4 Å². The normalized spacial score (nSPS) is 10.7. The van der Waals surface area contributed by atoms with Gasteiger partial charge in [0.2, 0.25) is 0 Å². The Labute approximate surface area is 99.9 Å². The van der Waals surface area contributed by atoms with Gasteiger partial charge in [-0.05, 0) is 11.0 Å². The summed E-state index contributed by atoms with van der Waals surface area (Å²) in [5.74, 6) is -0.425. The van der Waals surface area contributed by atoms with Crippen LogP contribution < -0.4 is 0 Å². The van der Waals surface area contributed by atoms with Crippen LogP contribution in [0.4, 0.5) is 11.5 Å². The summed E-state index contributed by atoms with van der Waals surface area (Å²) >= 11 is 0. The number of benzene rings is 1. The second kappa shape index (κ2) is 4.37. The summed E-state index contributed by atoms with van der Waals surface area (Å²) in [4.78, 5) is 20.2. The summed E-state index contributed by atoms with van der Waals surface area (Å²) in [5, 5.41) is 25.3. The Hall–Kier alpha value is -2.55. The molecule has 2 aromatic rings. The van der Waals surface area contributed by atoms with Gasteiger partial charge in [0.1, 0.15) is 10.9 Å². The van der Waals surface area contributed by atoms with Gasteiger partial charge in [-0.25, -0.2) is 0 Å². The molecule has 1 heterocycles. The van der Waals surface area contributed by atoms with E-state index < -0.39 is 15.7 Å². The van der Waals surface area contributed by atoms with Gasteiger partial charge in [0.05, 0.1) is 10.0 Å². The zero-order valence-electron chi connectivity index (χ0n) is 9.27. The first-order valence-corrected chi connectivity index (χ1v) is 4.83. The summed E-state index contributed by atoms with van der Waals surface area (Å²) < 4.78 is 6.13. The fraction of sp³-hybridized carbons (Fsp3) is 0.222. The smallest absolute Gasteiger partial charge is 0.360 e. The van der Waals surface area contributed by atoms with E-state index in [4.69, 9.17) is 4.74 Å². The van der Waals surface area contributed by atoms with E-state index >= 15 is 0 Å². The van der Waals surface area contributed by atoms with E-state index in [-0.39, 0.29) is 17.8 Å². The molecule has 1 aromatic carbocycles. The van der Waals surface area contributed by atoms with Gasteiger partial charge in [0.15, 0.2) is 6.73 Å². The SMILES string of the molecule is COCn1nc([N+](=O)[O-])c2cc([N+](=O)[O-])ccc21. The maximum Gasteiger partial charge on any atom is 0.398 e. The molecule has 0 N–H and O–H groups in total. The molecule has 0 unspecified atom stereocenters. The maximum absolute atomic E-state index is 10.8. The minimum atomic E-state index is -0.682. The summed E-state index contributed by atoms with van der Waals surface area (Å²) in [6.07, 6.45) is 0. The lowest BCUT2D eigenvalue weighted by molar-refractivity contribution is -0.389. The molecule has 0 bridgehead atoms. The number of fused-ring (bicyclic) bond motifs is 1. The van der Waals surface area contributed by atoms with Crippen LogP contribution in [0.1, 0.15) is 0 Å². The highest BCUT2D eigenvalue weighted by atomic mass is 16.6. The fourth-order valence-electron chi connectivity index (χ4n) is 1.62. The molecule has 0 atom stereocenters. The Balaban J connectivity index is 2.71. The highest BCUT2D eigenvalue weighted by molar-refractivity contribution is 5.89. The van der Waals surface area contributed by atoms with E-state index in [1.165, 1.54) is 23.9 Å². The molecule has 94 valence electrons. The van der Waals surface area contributed by atoms with Crippen LogP contribution in [-0.2, 0) is 11.5 Å². The second-order valence-corrected chi connectivity index (χ2v) is 3.46. The number of hydrogen-bond acceptors (Lipinski definition) is 6. The van der Waals surface area contributed by atoms with E-state index in [9.17, 15) is 20.2 Å². The fourth-order valence-corrected chi connectivity index (χ4v) is 1.62. The van der Waals surface area contributed by atoms with Gasteiger partial charge in [0.25, 0.3) is 5.69 Å². The van der Waals surface area contributed by atoms with Crippen molar-refractivity contribution in [1.82, 2.24) is 9.78 Å². The number of rotatable bonds is 4. The van der Waals surface area contributed by atoms with E-state index in [2.05, 4.69) is 5.10 Å². The highest BCUT2D eigenvalue weighted by Crippen LogP contribution is 2.28. The zero-order valence-corrected chi connectivity index (χ0v) is 9.27. The van der Waals surface area contributed by atoms with Crippen molar-refractivity contribution in [2.24, 2.45) is 0 Å². The first kappa shape index (κ1) is 11.9. The van der Waals surface area contributed by atoms with Crippen LogP contribution in [0.2, 0.25) is 0 Å². The molecular formula is C9H8N4O5. The third kappa shape index (κ3) is 1.86. The Morgan fingerprint density at radius 1 is 1.33 bits per heavy atom. The van der Waals surface area contributed by atoms with Crippen LogP contribution in [0.3, 0.4) is 0 Å². The lowest BCUT2D eigenvalue weighted by Gasteiger charge is -1.95. The molecule has 9 heteroatoms. The largest absolute Gasteiger partial charge is 0.398 e. The van der Waals surface area contributed by atoms with Gasteiger partial charge in [-0.3, -0.25) is 10.1 Å². The number of nitro benzene ring substituents is 1. The minimum absolute atomic E-state index is 0.0299. The van der Waals surface area contributed by atoms with E-state index in [0.29, 0.717) is 5.52 Å². The van der Waals surface area contributed by atoms with E-state index in [0.717, 1.165) is 6.07 Å². The molecule has 0 radical (unpaired) electrons. The van der Waals surface area contributed by atoms with Crippen molar-refractivity contribution in [3.8, 4) is 0 Å². The molecule has 0 aliphatic rings. The second-order valence-electron chi connectivity index (χ2n) is 3.46. The lowest BCUT2D eigenvalue weighted by Crippen LogP contribution is -2.02. The quantitative estimate of drug-likeness (QED) is 0.601. The molecule has 0 spiro atoms. The average molecular weight is 252 g/mol. The molecule has 2 rings (SSSR count). The lowest BCUT2D eigenvalue weighted by atomic mass is 10.2. The van der Waals surface area contributed by atoms with Crippen LogP contribution in [-0.4, -0.2) is 26.7 Å². The monoisotopic (exact) mass is 252 g/mol. The third-order valence-electron chi connectivity index (χ3n) is 2.35. The standard InChI is InChI=1S/C9H8N4O5/c1-18-5-11-8-3-2-6(12(14)15)4-7(8)9(10-11)13(16)17/h2-4H,5H2,1H3. The zero-order chi connectivity index (χ0) is 13.3. The average Bonchev–Trinajstić information content (AvgIpc) is 2.68. The Kier molecular flexibility index (Phi) is 2.90. The van der Waals surface area contributed by atoms with E-state index in [1.807, 2.05) is 0 Å². The predicted octanol–water partition coefficient (Wildman–Crippen LogP) is 1.46. The number of hydrogen-bond donors (Lipinski definition) is 0. The number of ether oxygens (including phenoxy) is 1. The van der Waals surface area contributed by atoms with Crippen LogP contribution in [0, 0.1) is 20.2 Å². The minimum Gasteiger partial charge on any atom is -0.360 e. The van der Waals surface area contributed by atoms with Crippen molar-refractivity contribution in [2.45, 2.75) is 6.73 Å². The molecule has 9 nitrogen and oxygen atoms in total. The molecule has 0 fully saturated rings. The maximum atomic E-state index is 10.8. The summed E-state index contributed by atoms with van der Waals surface area (Å²) in [5.41, 5.74) is 0.191. The Morgan fingerprint density at radius 3 is 2.61 bits per heavy atom. The molecule has 0 amide bonds. The highest BCUT2D eigenvalue weighted by Gasteiger charge is 2.23. The van der Waals surface area contributed by atoms with Crippen LogP contribution in [0.25, 0.3) is 10.9 Å². The van der Waals surface area contributed by atoms with Gasteiger partial charge in [-0.2, -0.15) is 0 Å². The van der Waals surface area contributed by atoms with Crippen molar-refractivity contribution in [2.75, 3.05) is 7.11 Å². The predicted molar refractivity (Wildman–Crippen MR) is 60.1 cm³/mol. The Morgan fingerprint density at radius 2 is 2.06 bits per heavy atom. The van der Waals surface area contributed by atoms with Crippen molar-refractivity contribution < 1.29 is 14.6 Å². The number of non-ortho nitro benzene ring substituents is 1. The topological polar surface area (TPSA) is 113 Å². The molecular weight excluding hydrogens is 244 g/mol. The first-order chi connectivity index (χ1) is 8.54. The summed E-state index contributed by atoms with van der Waals surface area (Å²) in [6, 6.07) is 3.80. The molecule has 1 aromatic heterocycles. The number of aromatic nitrogens is 2. The van der Waals surface area contributed by atoms with Gasteiger partial charge >= 0.3 is 5.82 Å². The van der Waals surface area contributed by atoms with Crippen LogP contribution >= 0.6 is 0 Å². The van der Waals surface area contributed by atoms with Gasteiger partial charge < -0.3 is 14.9 Å². The van der Waals surface area contributed by atoms with Gasteiger partial charge in [-0.15, -0.1) is 4.68 Å². The van der Waals surface area contributed by atoms with Crippen LogP contribution in [0.5, 0.6) is 0 Å².